The molecule has 1 fully saturated rings. The van der Waals surface area contributed by atoms with E-state index in [2.05, 4.69) is 16.6 Å². The predicted molar refractivity (Wildman–Crippen MR) is 129 cm³/mol. The largest absolute Gasteiger partial charge is 0.755 e. The maximum absolute atomic E-state index is 12.5. The summed E-state index contributed by atoms with van der Waals surface area (Å²) in [6, 6.07) is 13.8. The number of ether oxygens (including phenoxy) is 1. The lowest BCUT2D eigenvalue weighted by molar-refractivity contribution is -0.274. The van der Waals surface area contributed by atoms with Crippen LogP contribution in [-0.2, 0) is 17.7 Å². The number of anilines is 1. The van der Waals surface area contributed by atoms with Gasteiger partial charge in [0.15, 0.2) is 0 Å². The molecule has 0 amide bonds. The quantitative estimate of drug-likeness (QED) is 0.359. The van der Waals surface area contributed by atoms with E-state index in [1.54, 1.807) is 12.1 Å². The molecule has 4 rings (SSSR count). The molecule has 0 aliphatic carbocycles. The van der Waals surface area contributed by atoms with Crippen molar-refractivity contribution in [1.82, 2.24) is 4.90 Å². The summed E-state index contributed by atoms with van der Waals surface area (Å²) in [4.78, 5) is 2.31. The van der Waals surface area contributed by atoms with Crippen LogP contribution in [0.1, 0.15) is 30.9 Å². The fourth-order valence-electron chi connectivity index (χ4n) is 4.69. The van der Waals surface area contributed by atoms with E-state index in [1.165, 1.54) is 27.8 Å². The first kappa shape index (κ1) is 25.0. The van der Waals surface area contributed by atoms with Gasteiger partial charge in [0.1, 0.15) is 10.8 Å². The number of rotatable bonds is 8. The third-order valence-electron chi connectivity index (χ3n) is 6.30. The van der Waals surface area contributed by atoms with Crippen molar-refractivity contribution in [2.45, 2.75) is 51.6 Å². The average molecular weight is 512 g/mol. The first-order chi connectivity index (χ1) is 16.1. The van der Waals surface area contributed by atoms with Crippen LogP contribution >= 0.6 is 11.3 Å². The van der Waals surface area contributed by atoms with Gasteiger partial charge in [0.2, 0.25) is 0 Å². The van der Waals surface area contributed by atoms with Crippen LogP contribution in [0.2, 0.25) is 0 Å². The molecular weight excluding hydrogens is 485 g/mol. The molecule has 0 saturated carbocycles. The van der Waals surface area contributed by atoms with E-state index in [1.807, 2.05) is 31.2 Å². The second kappa shape index (κ2) is 10.2. The van der Waals surface area contributed by atoms with E-state index in [9.17, 15) is 21.9 Å². The zero-order chi connectivity index (χ0) is 24.5. The van der Waals surface area contributed by atoms with Crippen molar-refractivity contribution in [3.8, 4) is 5.75 Å². The molecule has 0 bridgehead atoms. The monoisotopic (exact) mass is 511 g/mol. The molecule has 34 heavy (non-hydrogen) atoms. The summed E-state index contributed by atoms with van der Waals surface area (Å²) < 4.78 is 68.7. The predicted octanol–water partition coefficient (Wildman–Crippen LogP) is 5.80. The van der Waals surface area contributed by atoms with Gasteiger partial charge < -0.3 is 9.29 Å². The maximum atomic E-state index is 12.5. The number of halogens is 3. The molecule has 0 N–H and O–H groups in total. The van der Waals surface area contributed by atoms with Crippen LogP contribution in [0.15, 0.2) is 48.5 Å². The lowest BCUT2D eigenvalue weighted by Crippen LogP contribution is -2.47. The van der Waals surface area contributed by atoms with Crippen LogP contribution < -0.4 is 9.04 Å². The van der Waals surface area contributed by atoms with Gasteiger partial charge >= 0.3 is 6.36 Å². The fraction of sp³-hybridized carbons (Fsp3) is 0.417. The minimum absolute atomic E-state index is 0.130. The molecule has 3 unspecified atom stereocenters. The lowest BCUT2D eigenvalue weighted by Gasteiger charge is -2.37. The van der Waals surface area contributed by atoms with E-state index in [0.717, 1.165) is 40.6 Å². The summed E-state index contributed by atoms with van der Waals surface area (Å²) in [6.07, 6.45) is -2.18. The Bertz CT molecular complexity index is 1150. The minimum atomic E-state index is -4.74. The lowest BCUT2D eigenvalue weighted by atomic mass is 10.0. The van der Waals surface area contributed by atoms with Gasteiger partial charge in [-0.3, -0.25) is 13.4 Å². The van der Waals surface area contributed by atoms with Gasteiger partial charge in [0.25, 0.3) is 0 Å². The average Bonchev–Trinajstić information content (AvgIpc) is 3.34. The van der Waals surface area contributed by atoms with E-state index < -0.39 is 17.6 Å². The molecule has 2 aromatic carbocycles. The Balaban J connectivity index is 1.61. The van der Waals surface area contributed by atoms with Crippen molar-refractivity contribution in [3.05, 3.63) is 59.7 Å². The summed E-state index contributed by atoms with van der Waals surface area (Å²) in [7, 11) is 0. The van der Waals surface area contributed by atoms with Gasteiger partial charge in [-0.25, -0.2) is 0 Å². The fourth-order valence-corrected chi connectivity index (χ4v) is 6.67. The summed E-state index contributed by atoms with van der Waals surface area (Å²) in [6.45, 7) is 5.17. The number of alkyl halides is 3. The number of aryl methyl sites for hydroxylation is 1. The van der Waals surface area contributed by atoms with Gasteiger partial charge in [0, 0.05) is 34.6 Å². The van der Waals surface area contributed by atoms with Gasteiger partial charge in [-0.05, 0) is 74.4 Å². The van der Waals surface area contributed by atoms with E-state index >= 15 is 0 Å². The molecule has 5 nitrogen and oxygen atoms in total. The Morgan fingerprint density at radius 3 is 2.53 bits per heavy atom. The minimum Gasteiger partial charge on any atom is -0.755 e. The highest BCUT2D eigenvalue weighted by Crippen LogP contribution is 2.38. The number of thiophene rings is 1. The van der Waals surface area contributed by atoms with Crippen molar-refractivity contribution < 1.29 is 26.7 Å². The maximum Gasteiger partial charge on any atom is 0.573 e. The highest BCUT2D eigenvalue weighted by molar-refractivity contribution is 7.81. The highest BCUT2D eigenvalue weighted by Gasteiger charge is 2.32. The second-order valence-electron chi connectivity index (χ2n) is 8.59. The molecule has 0 spiro atoms. The first-order valence-electron chi connectivity index (χ1n) is 11.1. The Labute approximate surface area is 203 Å². The number of benzene rings is 2. The molecule has 184 valence electrons. The third kappa shape index (κ3) is 5.73. The standard InChI is InChI=1S/C24H27F3N2O3S2/c1-16-6-5-13-28(16)19(14-18-9-11-20(12-10-18)32-24(25,26)27)15-29(34(30)31)23-17(2)21-7-3-4-8-22(21)33-23/h3-4,7-12,16,19H,5-6,13-15H2,1-2H3,(H,30,31)/p-1. The van der Waals surface area contributed by atoms with E-state index in [-0.39, 0.29) is 18.3 Å². The van der Waals surface area contributed by atoms with Crippen LogP contribution in [0.3, 0.4) is 0 Å². The zero-order valence-electron chi connectivity index (χ0n) is 18.9. The van der Waals surface area contributed by atoms with E-state index in [0.29, 0.717) is 17.5 Å². The number of hydrogen-bond donors (Lipinski definition) is 0. The molecule has 2 heterocycles. The topological polar surface area (TPSA) is 55.8 Å². The van der Waals surface area contributed by atoms with Crippen molar-refractivity contribution >= 4 is 37.7 Å². The summed E-state index contributed by atoms with van der Waals surface area (Å²) in [5.74, 6) is -0.273. The van der Waals surface area contributed by atoms with Crippen molar-refractivity contribution in [2.75, 3.05) is 17.4 Å². The molecular formula is C24H26F3N2O3S2-. The van der Waals surface area contributed by atoms with Crippen molar-refractivity contribution in [3.63, 3.8) is 0 Å². The smallest absolute Gasteiger partial charge is 0.573 e. The third-order valence-corrected chi connectivity index (χ3v) is 8.41. The molecule has 3 aromatic rings. The van der Waals surface area contributed by atoms with Crippen LogP contribution in [0.5, 0.6) is 5.75 Å². The summed E-state index contributed by atoms with van der Waals surface area (Å²) in [5.41, 5.74) is 1.75. The Kier molecular flexibility index (Phi) is 7.51. The molecule has 1 saturated heterocycles. The molecule has 3 atom stereocenters. The van der Waals surface area contributed by atoms with Crippen LogP contribution in [0.25, 0.3) is 10.1 Å². The number of hydrogen-bond acceptors (Lipinski definition) is 5. The number of nitrogens with zero attached hydrogens (tertiary/aromatic N) is 2. The van der Waals surface area contributed by atoms with Crippen LogP contribution in [0.4, 0.5) is 18.2 Å². The van der Waals surface area contributed by atoms with Gasteiger partial charge in [0.05, 0.1) is 0 Å². The molecule has 1 aromatic heterocycles. The number of likely N-dealkylation sites (tertiary alicyclic amines) is 1. The van der Waals surface area contributed by atoms with Gasteiger partial charge in [-0.1, -0.05) is 30.3 Å². The SMILES string of the molecule is Cc1c(N(CC(Cc2ccc(OC(F)(F)F)cc2)N2CCCC2C)S(=O)[O-])sc2ccccc12. The summed E-state index contributed by atoms with van der Waals surface area (Å²) in [5, 5.41) is 1.73. The number of fused-ring (bicyclic) bond motifs is 1. The van der Waals surface area contributed by atoms with Crippen LogP contribution in [0, 0.1) is 6.92 Å². The Hall–Kier alpha value is -2.14. The van der Waals surface area contributed by atoms with E-state index in [4.69, 9.17) is 0 Å². The zero-order valence-corrected chi connectivity index (χ0v) is 20.5. The molecule has 0 radical (unpaired) electrons. The summed E-state index contributed by atoms with van der Waals surface area (Å²) >= 11 is -1.02. The highest BCUT2D eigenvalue weighted by atomic mass is 32.2. The molecule has 1 aliphatic rings. The Morgan fingerprint density at radius 1 is 1.24 bits per heavy atom. The first-order valence-corrected chi connectivity index (χ1v) is 12.9. The normalized spacial score (nSPS) is 18.8. The molecule has 10 heteroatoms. The second-order valence-corrected chi connectivity index (χ2v) is 10.5. The van der Waals surface area contributed by atoms with Crippen molar-refractivity contribution in [1.29, 1.82) is 0 Å². The van der Waals surface area contributed by atoms with Crippen LogP contribution in [-0.4, -0.2) is 45.2 Å². The van der Waals surface area contributed by atoms with Gasteiger partial charge in [-0.15, -0.1) is 24.5 Å². The van der Waals surface area contributed by atoms with Crippen molar-refractivity contribution in [2.24, 2.45) is 0 Å². The molecule has 1 aliphatic heterocycles. The Morgan fingerprint density at radius 2 is 1.94 bits per heavy atom. The van der Waals surface area contributed by atoms with Gasteiger partial charge in [-0.2, -0.15) is 0 Å².